The standard InChI is InChI=1S/C15H11Cl6N3/c1-8-3-4-10(9(2)7-8)5-6-11-22-12(14(16,17)18)24-13(23-11)15(19,20)21/h3-7H,1-2H3. The van der Waals surface area contributed by atoms with Crippen molar-refractivity contribution in [2.24, 2.45) is 0 Å². The van der Waals surface area contributed by atoms with Crippen LogP contribution in [0.25, 0.3) is 12.2 Å². The van der Waals surface area contributed by atoms with Gasteiger partial charge in [-0.15, -0.1) is 0 Å². The first-order valence-electron chi connectivity index (χ1n) is 6.62. The number of nitrogens with zero attached hydrogens (tertiary/aromatic N) is 3. The Hall–Kier alpha value is -0.290. The molecule has 0 N–H and O–H groups in total. The van der Waals surface area contributed by atoms with Crippen molar-refractivity contribution in [1.29, 1.82) is 0 Å². The van der Waals surface area contributed by atoms with E-state index in [0.717, 1.165) is 11.1 Å². The highest BCUT2D eigenvalue weighted by molar-refractivity contribution is 6.67. The van der Waals surface area contributed by atoms with Crippen molar-refractivity contribution in [3.63, 3.8) is 0 Å². The molecular weight excluding hydrogens is 435 g/mol. The minimum atomic E-state index is -1.87. The van der Waals surface area contributed by atoms with Gasteiger partial charge in [0, 0.05) is 0 Å². The molecule has 128 valence electrons. The van der Waals surface area contributed by atoms with Gasteiger partial charge in [0.2, 0.25) is 7.59 Å². The highest BCUT2D eigenvalue weighted by Crippen LogP contribution is 2.39. The lowest BCUT2D eigenvalue weighted by Crippen LogP contribution is -2.16. The van der Waals surface area contributed by atoms with Gasteiger partial charge in [-0.25, -0.2) is 15.0 Å². The van der Waals surface area contributed by atoms with E-state index in [9.17, 15) is 0 Å². The number of aryl methyl sites for hydroxylation is 2. The Balaban J connectivity index is 2.47. The molecule has 1 aromatic heterocycles. The molecule has 2 rings (SSSR count). The summed E-state index contributed by atoms with van der Waals surface area (Å²) in [6, 6.07) is 6.04. The molecule has 2 aromatic rings. The fourth-order valence-electron chi connectivity index (χ4n) is 1.90. The number of halogens is 6. The molecule has 1 aromatic carbocycles. The summed E-state index contributed by atoms with van der Waals surface area (Å²) >= 11 is 35.0. The first-order valence-corrected chi connectivity index (χ1v) is 8.89. The normalized spacial score (nSPS) is 12.8. The molecule has 0 spiro atoms. The smallest absolute Gasteiger partial charge is 0.209 e. The predicted octanol–water partition coefficient (Wildman–Crippen LogP) is 6.31. The Labute approximate surface area is 169 Å². The van der Waals surface area contributed by atoms with Gasteiger partial charge in [0.05, 0.1) is 0 Å². The SMILES string of the molecule is Cc1ccc(C=Cc2nc(C(Cl)(Cl)Cl)nc(C(Cl)(Cl)Cl)n2)c(C)c1. The molecule has 0 aliphatic carbocycles. The van der Waals surface area contributed by atoms with Crippen molar-refractivity contribution in [2.75, 3.05) is 0 Å². The molecule has 0 saturated carbocycles. The van der Waals surface area contributed by atoms with E-state index >= 15 is 0 Å². The topological polar surface area (TPSA) is 38.7 Å². The van der Waals surface area contributed by atoms with E-state index in [2.05, 4.69) is 21.0 Å². The highest BCUT2D eigenvalue weighted by atomic mass is 35.6. The van der Waals surface area contributed by atoms with Gasteiger partial charge in [0.1, 0.15) is 0 Å². The summed E-state index contributed by atoms with van der Waals surface area (Å²) in [5, 5.41) is 0. The quantitative estimate of drug-likeness (QED) is 0.508. The monoisotopic (exact) mass is 443 g/mol. The van der Waals surface area contributed by atoms with E-state index in [1.54, 1.807) is 6.08 Å². The zero-order chi connectivity index (χ0) is 18.1. The number of alkyl halides is 6. The second kappa shape index (κ2) is 7.53. The van der Waals surface area contributed by atoms with Crippen LogP contribution in [-0.2, 0) is 7.59 Å². The van der Waals surface area contributed by atoms with E-state index < -0.39 is 7.59 Å². The van der Waals surface area contributed by atoms with Gasteiger partial charge in [-0.05, 0) is 31.1 Å². The van der Waals surface area contributed by atoms with E-state index in [1.807, 2.05) is 32.1 Å². The average Bonchev–Trinajstić information content (AvgIpc) is 2.44. The molecule has 0 radical (unpaired) electrons. The Morgan fingerprint density at radius 1 is 0.792 bits per heavy atom. The molecule has 3 nitrogen and oxygen atoms in total. The van der Waals surface area contributed by atoms with Crippen LogP contribution in [0.2, 0.25) is 0 Å². The second-order valence-electron chi connectivity index (χ2n) is 5.03. The van der Waals surface area contributed by atoms with Crippen LogP contribution in [-0.4, -0.2) is 15.0 Å². The minimum absolute atomic E-state index is 0.121. The molecule has 0 aliphatic heterocycles. The molecule has 0 bridgehead atoms. The van der Waals surface area contributed by atoms with Gasteiger partial charge in [0.25, 0.3) is 0 Å². The molecule has 0 saturated heterocycles. The molecule has 0 aliphatic rings. The zero-order valence-electron chi connectivity index (χ0n) is 12.5. The lowest BCUT2D eigenvalue weighted by molar-refractivity contribution is 0.835. The molecule has 24 heavy (non-hydrogen) atoms. The van der Waals surface area contributed by atoms with Gasteiger partial charge in [0.15, 0.2) is 17.5 Å². The number of hydrogen-bond donors (Lipinski definition) is 0. The summed E-state index contributed by atoms with van der Waals surface area (Å²) in [6.07, 6.45) is 3.47. The number of benzene rings is 1. The summed E-state index contributed by atoms with van der Waals surface area (Å²) < 4.78 is -3.73. The lowest BCUT2D eigenvalue weighted by Gasteiger charge is -2.14. The van der Waals surface area contributed by atoms with Gasteiger partial charge < -0.3 is 0 Å². The Morgan fingerprint density at radius 3 is 1.79 bits per heavy atom. The maximum Gasteiger partial charge on any atom is 0.250 e. The maximum absolute atomic E-state index is 5.84. The van der Waals surface area contributed by atoms with Gasteiger partial charge in [-0.2, -0.15) is 0 Å². The van der Waals surface area contributed by atoms with E-state index in [-0.39, 0.29) is 17.5 Å². The van der Waals surface area contributed by atoms with E-state index in [1.165, 1.54) is 5.56 Å². The predicted molar refractivity (Wildman–Crippen MR) is 103 cm³/mol. The second-order valence-corrected chi connectivity index (χ2v) is 9.59. The zero-order valence-corrected chi connectivity index (χ0v) is 17.0. The van der Waals surface area contributed by atoms with Crippen LogP contribution < -0.4 is 0 Å². The van der Waals surface area contributed by atoms with Crippen LogP contribution in [0, 0.1) is 13.8 Å². The van der Waals surface area contributed by atoms with Crippen LogP contribution in [0.15, 0.2) is 18.2 Å². The summed E-state index contributed by atoms with van der Waals surface area (Å²) in [6.45, 7) is 4.02. The lowest BCUT2D eigenvalue weighted by atomic mass is 10.1. The summed E-state index contributed by atoms with van der Waals surface area (Å²) in [5.41, 5.74) is 3.26. The van der Waals surface area contributed by atoms with Crippen molar-refractivity contribution in [3.05, 3.63) is 52.4 Å². The Morgan fingerprint density at radius 2 is 1.33 bits per heavy atom. The van der Waals surface area contributed by atoms with Crippen molar-refractivity contribution in [3.8, 4) is 0 Å². The van der Waals surface area contributed by atoms with Crippen LogP contribution in [0.4, 0.5) is 0 Å². The number of aromatic nitrogens is 3. The first-order chi connectivity index (χ1) is 11.0. The molecule has 0 fully saturated rings. The van der Waals surface area contributed by atoms with Gasteiger partial charge in [-0.3, -0.25) is 0 Å². The van der Waals surface area contributed by atoms with Crippen LogP contribution in [0.1, 0.15) is 34.2 Å². The van der Waals surface area contributed by atoms with Crippen molar-refractivity contribution < 1.29 is 0 Å². The highest BCUT2D eigenvalue weighted by Gasteiger charge is 2.33. The summed E-state index contributed by atoms with van der Waals surface area (Å²) in [7, 11) is 0. The number of hydrogen-bond acceptors (Lipinski definition) is 3. The summed E-state index contributed by atoms with van der Waals surface area (Å²) in [5.74, 6) is -0.0270. The van der Waals surface area contributed by atoms with Gasteiger partial charge >= 0.3 is 0 Å². The minimum Gasteiger partial charge on any atom is -0.209 e. The third-order valence-electron chi connectivity index (χ3n) is 3.00. The van der Waals surface area contributed by atoms with Gasteiger partial charge in [-0.1, -0.05) is 99.4 Å². The summed E-state index contributed by atoms with van der Waals surface area (Å²) in [4.78, 5) is 12.1. The van der Waals surface area contributed by atoms with Crippen LogP contribution in [0.3, 0.4) is 0 Å². The first kappa shape index (κ1) is 20.0. The molecule has 1 heterocycles. The average molecular weight is 446 g/mol. The largest absolute Gasteiger partial charge is 0.250 e. The third-order valence-corrected chi connectivity index (χ3v) is 4.01. The fraction of sp³-hybridized carbons (Fsp3) is 0.267. The fourth-order valence-corrected chi connectivity index (χ4v) is 2.40. The third kappa shape index (κ3) is 5.35. The van der Waals surface area contributed by atoms with Crippen molar-refractivity contribution >= 4 is 81.8 Å². The van der Waals surface area contributed by atoms with Crippen molar-refractivity contribution in [1.82, 2.24) is 15.0 Å². The Kier molecular flexibility index (Phi) is 6.28. The van der Waals surface area contributed by atoms with Crippen LogP contribution in [0.5, 0.6) is 0 Å². The molecule has 9 heteroatoms. The van der Waals surface area contributed by atoms with E-state index in [0.29, 0.717) is 0 Å². The molecule has 0 atom stereocenters. The van der Waals surface area contributed by atoms with Crippen LogP contribution >= 0.6 is 69.6 Å². The van der Waals surface area contributed by atoms with Crippen molar-refractivity contribution in [2.45, 2.75) is 21.4 Å². The Bertz CT molecular complexity index is 746. The van der Waals surface area contributed by atoms with E-state index in [4.69, 9.17) is 69.6 Å². The molecule has 0 amide bonds. The molecular formula is C15H11Cl6N3. The number of rotatable bonds is 2. The molecule has 0 unspecified atom stereocenters. The maximum atomic E-state index is 5.84.